The quantitative estimate of drug-likeness (QED) is 0.289. The molecule has 1 amide bonds. The number of aromatic nitrogens is 2. The summed E-state index contributed by atoms with van der Waals surface area (Å²) >= 11 is 1.32. The van der Waals surface area contributed by atoms with Gasteiger partial charge < -0.3 is 4.98 Å². The van der Waals surface area contributed by atoms with Crippen LogP contribution in [0.3, 0.4) is 0 Å². The molecule has 2 aromatic carbocycles. The maximum Gasteiger partial charge on any atom is 0.276 e. The Labute approximate surface area is 163 Å². The first-order valence-corrected chi connectivity index (χ1v) is 9.24. The average molecular weight is 390 g/mol. The number of fused-ring (bicyclic) bond motifs is 1. The van der Waals surface area contributed by atoms with Crippen LogP contribution in [0.25, 0.3) is 28.2 Å². The summed E-state index contributed by atoms with van der Waals surface area (Å²) in [5.74, 6) is -0.405. The second-order valence-electron chi connectivity index (χ2n) is 5.92. The van der Waals surface area contributed by atoms with Crippen molar-refractivity contribution in [3.63, 3.8) is 0 Å². The number of amides is 1. The minimum absolute atomic E-state index is 0.0533. The molecule has 28 heavy (non-hydrogen) atoms. The lowest BCUT2D eigenvalue weighted by atomic mass is 10.1. The molecule has 2 aromatic heterocycles. The summed E-state index contributed by atoms with van der Waals surface area (Å²) in [5, 5.41) is 17.1. The van der Waals surface area contributed by atoms with E-state index < -0.39 is 10.8 Å². The van der Waals surface area contributed by atoms with Crippen LogP contribution < -0.4 is 5.32 Å². The summed E-state index contributed by atoms with van der Waals surface area (Å²) in [7, 11) is 0. The maximum absolute atomic E-state index is 12.2. The molecule has 138 valence electrons. The fraction of sp³-hybridized carbons (Fsp3) is 0. The maximum atomic E-state index is 12.2. The van der Waals surface area contributed by atoms with Crippen molar-refractivity contribution >= 4 is 45.0 Å². The van der Waals surface area contributed by atoms with E-state index in [0.717, 1.165) is 22.2 Å². The number of thiazole rings is 1. The Morgan fingerprint density at radius 1 is 1.18 bits per heavy atom. The molecule has 0 spiro atoms. The Bertz CT molecular complexity index is 1210. The largest absolute Gasteiger partial charge is 0.360 e. The average Bonchev–Trinajstić information content (AvgIpc) is 3.33. The number of hydrogen-bond acceptors (Lipinski definition) is 5. The van der Waals surface area contributed by atoms with Gasteiger partial charge in [-0.05, 0) is 18.2 Å². The lowest BCUT2D eigenvalue weighted by molar-refractivity contribution is -0.385. The number of rotatable bonds is 5. The molecule has 2 N–H and O–H groups in total. The van der Waals surface area contributed by atoms with Crippen molar-refractivity contribution in [2.24, 2.45) is 0 Å². The fourth-order valence-electron chi connectivity index (χ4n) is 2.85. The number of carbonyl (C=O) groups is 1. The van der Waals surface area contributed by atoms with Gasteiger partial charge in [-0.25, -0.2) is 4.98 Å². The second-order valence-corrected chi connectivity index (χ2v) is 6.78. The van der Waals surface area contributed by atoms with E-state index in [1.165, 1.54) is 29.6 Å². The summed E-state index contributed by atoms with van der Waals surface area (Å²) in [5.41, 5.74) is 3.05. The van der Waals surface area contributed by atoms with Gasteiger partial charge in [0.2, 0.25) is 5.91 Å². The number of anilines is 1. The van der Waals surface area contributed by atoms with Crippen molar-refractivity contribution in [3.05, 3.63) is 81.9 Å². The number of aromatic amines is 1. The van der Waals surface area contributed by atoms with Gasteiger partial charge >= 0.3 is 0 Å². The monoisotopic (exact) mass is 390 g/mol. The Hall–Kier alpha value is -3.78. The summed E-state index contributed by atoms with van der Waals surface area (Å²) in [6, 6.07) is 14.2. The molecule has 4 rings (SSSR count). The predicted octanol–water partition coefficient (Wildman–Crippen LogP) is 4.85. The number of nitrogens with zero attached hydrogens (tertiary/aromatic N) is 2. The second kappa shape index (κ2) is 7.45. The van der Waals surface area contributed by atoms with Crippen LogP contribution in [0.1, 0.15) is 5.56 Å². The number of nitrogens with one attached hydrogen (secondary N) is 2. The molecule has 0 radical (unpaired) electrons. The van der Waals surface area contributed by atoms with E-state index in [1.807, 2.05) is 35.8 Å². The van der Waals surface area contributed by atoms with Crippen LogP contribution in [0.5, 0.6) is 0 Å². The molecular weight excluding hydrogens is 376 g/mol. The zero-order valence-electron chi connectivity index (χ0n) is 14.5. The zero-order chi connectivity index (χ0) is 19.5. The molecule has 0 unspecified atom stereocenters. The van der Waals surface area contributed by atoms with Crippen LogP contribution in [0.2, 0.25) is 0 Å². The topological polar surface area (TPSA) is 101 Å². The van der Waals surface area contributed by atoms with Crippen molar-refractivity contribution in [1.82, 2.24) is 9.97 Å². The number of carbonyl (C=O) groups excluding carboxylic acids is 1. The van der Waals surface area contributed by atoms with Crippen LogP contribution in [0.4, 0.5) is 10.8 Å². The smallest absolute Gasteiger partial charge is 0.276 e. The Balaban J connectivity index is 1.50. The van der Waals surface area contributed by atoms with Gasteiger partial charge in [-0.2, -0.15) is 0 Å². The Morgan fingerprint density at radius 3 is 2.82 bits per heavy atom. The van der Waals surface area contributed by atoms with Crippen LogP contribution in [-0.2, 0) is 4.79 Å². The molecule has 4 aromatic rings. The molecule has 0 saturated heterocycles. The number of para-hydroxylation sites is 2. The van der Waals surface area contributed by atoms with Crippen molar-refractivity contribution in [2.45, 2.75) is 0 Å². The van der Waals surface area contributed by atoms with Crippen molar-refractivity contribution in [2.75, 3.05) is 5.32 Å². The Morgan fingerprint density at radius 2 is 1.96 bits per heavy atom. The summed E-state index contributed by atoms with van der Waals surface area (Å²) in [4.78, 5) is 30.4. The summed E-state index contributed by atoms with van der Waals surface area (Å²) < 4.78 is 0. The normalized spacial score (nSPS) is 11.1. The van der Waals surface area contributed by atoms with E-state index in [4.69, 9.17) is 0 Å². The zero-order valence-corrected chi connectivity index (χ0v) is 15.3. The van der Waals surface area contributed by atoms with Crippen LogP contribution >= 0.6 is 11.3 Å². The molecule has 8 heteroatoms. The molecule has 0 fully saturated rings. The van der Waals surface area contributed by atoms with Crippen LogP contribution in [-0.4, -0.2) is 20.8 Å². The lowest BCUT2D eigenvalue weighted by Gasteiger charge is -1.98. The lowest BCUT2D eigenvalue weighted by Crippen LogP contribution is -2.07. The number of hydrogen-bond donors (Lipinski definition) is 2. The Kier molecular flexibility index (Phi) is 4.69. The highest BCUT2D eigenvalue weighted by Gasteiger charge is 2.12. The molecule has 0 atom stereocenters. The number of nitro benzene ring substituents is 1. The van der Waals surface area contributed by atoms with E-state index >= 15 is 0 Å². The third kappa shape index (κ3) is 3.53. The van der Waals surface area contributed by atoms with Crippen LogP contribution in [0.15, 0.2) is 66.2 Å². The van der Waals surface area contributed by atoms with Gasteiger partial charge in [0.15, 0.2) is 5.13 Å². The highest BCUT2D eigenvalue weighted by Crippen LogP contribution is 2.31. The first-order valence-electron chi connectivity index (χ1n) is 8.36. The molecular formula is C20H14N4O3S. The molecule has 0 bridgehead atoms. The third-order valence-electron chi connectivity index (χ3n) is 4.15. The van der Waals surface area contributed by atoms with Crippen molar-refractivity contribution in [1.29, 1.82) is 0 Å². The summed E-state index contributed by atoms with van der Waals surface area (Å²) in [6.07, 6.45) is 4.57. The van der Waals surface area contributed by atoms with Crippen molar-refractivity contribution in [3.8, 4) is 11.3 Å². The number of H-pyrrole nitrogens is 1. The molecule has 0 aliphatic heterocycles. The van der Waals surface area contributed by atoms with Gasteiger partial charge in [-0.3, -0.25) is 20.2 Å². The SMILES string of the molecule is O=C(/C=C/c1ccccc1[N+](=O)[O-])Nc1nc(-c2c[nH]c3ccccc23)cs1. The first-order chi connectivity index (χ1) is 13.6. The van der Waals surface area contributed by atoms with Crippen LogP contribution in [0, 0.1) is 10.1 Å². The molecule has 0 aliphatic rings. The molecule has 0 saturated carbocycles. The van der Waals surface area contributed by atoms with Gasteiger partial charge in [-0.15, -0.1) is 11.3 Å². The van der Waals surface area contributed by atoms with Crippen molar-refractivity contribution < 1.29 is 9.72 Å². The standard InChI is InChI=1S/C20H14N4O3S/c25-19(10-9-13-5-1-4-8-18(13)24(26)27)23-20-22-17(12-28-20)15-11-21-16-7-3-2-6-14(15)16/h1-12,21H,(H,22,23,25)/b10-9+. The van der Waals surface area contributed by atoms with E-state index in [2.05, 4.69) is 15.3 Å². The molecule has 2 heterocycles. The third-order valence-corrected chi connectivity index (χ3v) is 4.90. The van der Waals surface area contributed by atoms with E-state index in [0.29, 0.717) is 10.7 Å². The fourth-order valence-corrected chi connectivity index (χ4v) is 3.56. The molecule has 0 aliphatic carbocycles. The predicted molar refractivity (Wildman–Crippen MR) is 110 cm³/mol. The number of benzene rings is 2. The van der Waals surface area contributed by atoms with E-state index in [-0.39, 0.29) is 5.69 Å². The minimum Gasteiger partial charge on any atom is -0.360 e. The minimum atomic E-state index is -0.480. The number of nitro groups is 1. The van der Waals surface area contributed by atoms with E-state index in [9.17, 15) is 14.9 Å². The van der Waals surface area contributed by atoms with Gasteiger partial charge in [0.25, 0.3) is 5.69 Å². The van der Waals surface area contributed by atoms with Gasteiger partial charge in [0.05, 0.1) is 16.2 Å². The highest BCUT2D eigenvalue weighted by molar-refractivity contribution is 7.14. The van der Waals surface area contributed by atoms with Gasteiger partial charge in [-0.1, -0.05) is 30.3 Å². The van der Waals surface area contributed by atoms with E-state index in [1.54, 1.807) is 18.2 Å². The van der Waals surface area contributed by atoms with Gasteiger partial charge in [0.1, 0.15) is 0 Å². The highest BCUT2D eigenvalue weighted by atomic mass is 32.1. The first kappa shape index (κ1) is 17.6. The molecule has 7 nitrogen and oxygen atoms in total. The summed E-state index contributed by atoms with van der Waals surface area (Å²) in [6.45, 7) is 0. The van der Waals surface area contributed by atoms with Gasteiger partial charge in [0, 0.05) is 40.2 Å².